The second-order valence-corrected chi connectivity index (χ2v) is 3.91. The number of rotatable bonds is 3. The maximum Gasteiger partial charge on any atom is 0.425 e. The van der Waals surface area contributed by atoms with Gasteiger partial charge in [0.25, 0.3) is 0 Å². The predicted molar refractivity (Wildman–Crippen MR) is 61.0 cm³/mol. The van der Waals surface area contributed by atoms with Gasteiger partial charge in [0.2, 0.25) is 5.88 Å². The van der Waals surface area contributed by atoms with E-state index >= 15 is 0 Å². The van der Waals surface area contributed by atoms with Gasteiger partial charge in [0.15, 0.2) is 6.10 Å². The summed E-state index contributed by atoms with van der Waals surface area (Å²) in [6.07, 6.45) is -6.43. The molecule has 1 heterocycles. The van der Waals surface area contributed by atoms with Crippen LogP contribution in [-0.2, 0) is 0 Å². The summed E-state index contributed by atoms with van der Waals surface area (Å²) in [6.45, 7) is 2.53. The molecule has 0 spiro atoms. The van der Waals surface area contributed by atoms with Gasteiger partial charge < -0.3 is 10.5 Å². The van der Waals surface area contributed by atoms with E-state index in [1.165, 1.54) is 6.07 Å². The Bertz CT molecular complexity index is 434. The van der Waals surface area contributed by atoms with E-state index in [1.807, 2.05) is 0 Å². The van der Waals surface area contributed by atoms with Crippen molar-refractivity contribution in [2.75, 3.05) is 0 Å². The number of thiocarbonyl (C=S) groups is 1. The highest BCUT2D eigenvalue weighted by Gasteiger charge is 2.38. The second kappa shape index (κ2) is 4.87. The Morgan fingerprint density at radius 3 is 2.53 bits per heavy atom. The number of aromatic nitrogens is 1. The highest BCUT2D eigenvalue weighted by molar-refractivity contribution is 7.80. The van der Waals surface area contributed by atoms with Crippen LogP contribution in [0, 0.1) is 6.92 Å². The van der Waals surface area contributed by atoms with E-state index in [1.54, 1.807) is 13.0 Å². The van der Waals surface area contributed by atoms with Gasteiger partial charge in [0.1, 0.15) is 4.99 Å². The van der Waals surface area contributed by atoms with E-state index in [-0.39, 0.29) is 16.4 Å². The number of pyridine rings is 1. The molecule has 0 aliphatic carbocycles. The number of nitrogens with two attached hydrogens (primary N) is 1. The lowest BCUT2D eigenvalue weighted by atomic mass is 10.2. The normalized spacial score (nSPS) is 13.2. The fraction of sp³-hybridized carbons (Fsp3) is 0.400. The number of halogens is 3. The lowest BCUT2D eigenvalue weighted by Crippen LogP contribution is -2.32. The zero-order valence-electron chi connectivity index (χ0n) is 9.21. The fourth-order valence-electron chi connectivity index (χ4n) is 1.04. The van der Waals surface area contributed by atoms with Crippen LogP contribution < -0.4 is 10.5 Å². The van der Waals surface area contributed by atoms with Crippen LogP contribution in [0.3, 0.4) is 0 Å². The molecule has 0 fully saturated rings. The maximum absolute atomic E-state index is 12.4. The average molecular weight is 264 g/mol. The van der Waals surface area contributed by atoms with Gasteiger partial charge in [0, 0.05) is 5.69 Å². The van der Waals surface area contributed by atoms with Gasteiger partial charge in [-0.15, -0.1) is 0 Å². The lowest BCUT2D eigenvalue weighted by molar-refractivity contribution is -0.190. The molecule has 1 atom stereocenters. The lowest BCUT2D eigenvalue weighted by Gasteiger charge is -2.18. The molecule has 3 nitrogen and oxygen atoms in total. The molecule has 0 saturated carbocycles. The van der Waals surface area contributed by atoms with Crippen LogP contribution in [-0.4, -0.2) is 22.3 Å². The molecule has 0 radical (unpaired) electrons. The monoisotopic (exact) mass is 264 g/mol. The van der Waals surface area contributed by atoms with Crippen molar-refractivity contribution >= 4 is 17.2 Å². The molecule has 1 aromatic heterocycles. The van der Waals surface area contributed by atoms with E-state index < -0.39 is 12.3 Å². The molecule has 2 N–H and O–H groups in total. The molecule has 1 aromatic rings. The Labute approximate surface area is 102 Å². The number of ether oxygens (including phenoxy) is 1. The van der Waals surface area contributed by atoms with Crippen molar-refractivity contribution in [3.05, 3.63) is 23.4 Å². The third-order valence-electron chi connectivity index (χ3n) is 2.01. The molecule has 0 aliphatic rings. The van der Waals surface area contributed by atoms with Gasteiger partial charge >= 0.3 is 6.18 Å². The highest BCUT2D eigenvalue weighted by Crippen LogP contribution is 2.26. The van der Waals surface area contributed by atoms with E-state index in [2.05, 4.69) is 4.98 Å². The van der Waals surface area contributed by atoms with Crippen molar-refractivity contribution < 1.29 is 17.9 Å². The molecule has 7 heteroatoms. The summed E-state index contributed by atoms with van der Waals surface area (Å²) in [5, 5.41) is 0. The first-order valence-corrected chi connectivity index (χ1v) is 5.13. The quantitative estimate of drug-likeness (QED) is 0.851. The number of hydrogen-bond acceptors (Lipinski definition) is 3. The third kappa shape index (κ3) is 3.55. The first-order chi connectivity index (χ1) is 7.71. The van der Waals surface area contributed by atoms with Gasteiger partial charge in [-0.1, -0.05) is 12.2 Å². The Morgan fingerprint density at radius 2 is 2.06 bits per heavy atom. The van der Waals surface area contributed by atoms with Crippen molar-refractivity contribution in [2.45, 2.75) is 26.1 Å². The standard InChI is InChI=1S/C10H11F3N2OS/c1-5-3-4-7(8(14)17)9(15-5)16-6(2)10(11,12)13/h3-4,6H,1-2H3,(H2,14,17). The summed E-state index contributed by atoms with van der Waals surface area (Å²) < 4.78 is 41.8. The molecular formula is C10H11F3N2OS. The summed E-state index contributed by atoms with van der Waals surface area (Å²) in [4.78, 5) is 3.80. The number of hydrogen-bond donors (Lipinski definition) is 1. The Kier molecular flexibility index (Phi) is 3.92. The molecule has 0 amide bonds. The predicted octanol–water partition coefficient (Wildman–Crippen LogP) is 2.35. The summed E-state index contributed by atoms with van der Waals surface area (Å²) in [5.41, 5.74) is 6.10. The van der Waals surface area contributed by atoms with Crippen LogP contribution in [0.2, 0.25) is 0 Å². The second-order valence-electron chi connectivity index (χ2n) is 3.47. The summed E-state index contributed by atoms with van der Waals surface area (Å²) in [6, 6.07) is 3.09. The number of nitrogens with zero attached hydrogens (tertiary/aromatic N) is 1. The van der Waals surface area contributed by atoms with E-state index in [0.29, 0.717) is 5.69 Å². The summed E-state index contributed by atoms with van der Waals surface area (Å²) >= 11 is 4.72. The smallest absolute Gasteiger partial charge is 0.425 e. The van der Waals surface area contributed by atoms with Crippen LogP contribution in [0.25, 0.3) is 0 Å². The molecule has 0 aliphatic heterocycles. The van der Waals surface area contributed by atoms with Crippen LogP contribution in [0.4, 0.5) is 13.2 Å². The number of aryl methyl sites for hydroxylation is 1. The zero-order chi connectivity index (χ0) is 13.2. The maximum atomic E-state index is 12.4. The number of alkyl halides is 3. The van der Waals surface area contributed by atoms with E-state index in [0.717, 1.165) is 6.92 Å². The van der Waals surface area contributed by atoms with Crippen LogP contribution in [0.5, 0.6) is 5.88 Å². The topological polar surface area (TPSA) is 48.1 Å². The average Bonchev–Trinajstić information content (AvgIpc) is 2.15. The highest BCUT2D eigenvalue weighted by atomic mass is 32.1. The van der Waals surface area contributed by atoms with Gasteiger partial charge in [-0.3, -0.25) is 0 Å². The van der Waals surface area contributed by atoms with E-state index in [9.17, 15) is 13.2 Å². The Balaban J connectivity index is 3.04. The first-order valence-electron chi connectivity index (χ1n) is 4.72. The molecule has 0 saturated heterocycles. The molecule has 1 unspecified atom stereocenters. The minimum absolute atomic E-state index is 0.0538. The van der Waals surface area contributed by atoms with Crippen LogP contribution in [0.15, 0.2) is 12.1 Å². The van der Waals surface area contributed by atoms with Crippen LogP contribution in [0.1, 0.15) is 18.2 Å². The van der Waals surface area contributed by atoms with Gasteiger partial charge in [0.05, 0.1) is 5.56 Å². The molecular weight excluding hydrogens is 253 g/mol. The van der Waals surface area contributed by atoms with Gasteiger partial charge in [-0.25, -0.2) is 4.98 Å². The molecule has 0 bridgehead atoms. The van der Waals surface area contributed by atoms with Crippen molar-refractivity contribution in [1.29, 1.82) is 0 Å². The van der Waals surface area contributed by atoms with Crippen molar-refractivity contribution in [2.24, 2.45) is 5.73 Å². The largest absolute Gasteiger partial charge is 0.464 e. The fourth-order valence-corrected chi connectivity index (χ4v) is 1.20. The molecule has 1 rings (SSSR count). The SMILES string of the molecule is Cc1ccc(C(N)=S)c(OC(C)C(F)(F)F)n1. The first kappa shape index (κ1) is 13.7. The minimum atomic E-state index is -4.46. The third-order valence-corrected chi connectivity index (χ3v) is 2.23. The molecule has 17 heavy (non-hydrogen) atoms. The van der Waals surface area contributed by atoms with Crippen molar-refractivity contribution in [1.82, 2.24) is 4.98 Å². The zero-order valence-corrected chi connectivity index (χ0v) is 10.0. The summed E-state index contributed by atoms with van der Waals surface area (Å²) in [7, 11) is 0. The summed E-state index contributed by atoms with van der Waals surface area (Å²) in [5.74, 6) is -0.192. The minimum Gasteiger partial charge on any atom is -0.464 e. The Hall–Kier alpha value is -1.37. The van der Waals surface area contributed by atoms with E-state index in [4.69, 9.17) is 22.7 Å². The Morgan fingerprint density at radius 1 is 1.47 bits per heavy atom. The molecule has 94 valence electrons. The van der Waals surface area contributed by atoms with Crippen LogP contribution >= 0.6 is 12.2 Å². The van der Waals surface area contributed by atoms with Crippen molar-refractivity contribution in [3.63, 3.8) is 0 Å². The van der Waals surface area contributed by atoms with Crippen molar-refractivity contribution in [3.8, 4) is 5.88 Å². The van der Waals surface area contributed by atoms with Gasteiger partial charge in [-0.05, 0) is 26.0 Å². The molecule has 0 aromatic carbocycles. The van der Waals surface area contributed by atoms with Gasteiger partial charge in [-0.2, -0.15) is 13.2 Å².